The molecule has 0 atom stereocenters. The second kappa shape index (κ2) is 4.56. The Labute approximate surface area is 105 Å². The lowest BCUT2D eigenvalue weighted by Crippen LogP contribution is -1.93. The number of imidazole rings is 1. The van der Waals surface area contributed by atoms with E-state index >= 15 is 0 Å². The Bertz CT molecular complexity index is 658. The third-order valence-corrected chi connectivity index (χ3v) is 3.02. The number of aromatic amines is 1. The van der Waals surface area contributed by atoms with E-state index in [1.807, 2.05) is 18.3 Å². The first kappa shape index (κ1) is 10.9. The van der Waals surface area contributed by atoms with Gasteiger partial charge in [-0.2, -0.15) is 0 Å². The fourth-order valence-corrected chi connectivity index (χ4v) is 2.01. The molecule has 0 aliphatic heterocycles. The summed E-state index contributed by atoms with van der Waals surface area (Å²) in [6, 6.07) is 6.03. The van der Waals surface area contributed by atoms with E-state index in [0.29, 0.717) is 0 Å². The van der Waals surface area contributed by atoms with Crippen LogP contribution in [-0.4, -0.2) is 19.9 Å². The van der Waals surface area contributed by atoms with E-state index in [0.717, 1.165) is 29.8 Å². The first-order chi connectivity index (χ1) is 8.83. The molecular formula is C14H14N4. The molecule has 4 heteroatoms. The molecule has 0 fully saturated rings. The van der Waals surface area contributed by atoms with Crippen molar-refractivity contribution < 1.29 is 0 Å². The minimum atomic E-state index is 0.802. The maximum atomic E-state index is 4.50. The number of nitrogens with one attached hydrogen (secondary N) is 1. The van der Waals surface area contributed by atoms with Crippen LogP contribution in [0.3, 0.4) is 0 Å². The number of fused-ring (bicyclic) bond motifs is 1. The van der Waals surface area contributed by atoms with Crippen LogP contribution in [-0.2, 0) is 12.8 Å². The van der Waals surface area contributed by atoms with Gasteiger partial charge in [-0.25, -0.2) is 9.97 Å². The molecule has 0 saturated heterocycles. The van der Waals surface area contributed by atoms with Gasteiger partial charge in [0.05, 0.1) is 5.52 Å². The number of aryl methyl sites for hydroxylation is 3. The fraction of sp³-hybridized carbons (Fsp3) is 0.214. The van der Waals surface area contributed by atoms with Gasteiger partial charge in [0.25, 0.3) is 0 Å². The predicted octanol–water partition coefficient (Wildman–Crippen LogP) is 2.45. The zero-order chi connectivity index (χ0) is 12.4. The van der Waals surface area contributed by atoms with Gasteiger partial charge >= 0.3 is 0 Å². The summed E-state index contributed by atoms with van der Waals surface area (Å²) in [6.45, 7) is 2.06. The summed E-state index contributed by atoms with van der Waals surface area (Å²) in [4.78, 5) is 16.2. The highest BCUT2D eigenvalue weighted by Gasteiger charge is 2.05. The van der Waals surface area contributed by atoms with Gasteiger partial charge in [-0.05, 0) is 36.6 Å². The molecule has 0 aromatic carbocycles. The van der Waals surface area contributed by atoms with Gasteiger partial charge in [0.2, 0.25) is 0 Å². The number of pyridine rings is 2. The molecule has 90 valence electrons. The maximum Gasteiger partial charge on any atom is 0.177 e. The third-order valence-electron chi connectivity index (χ3n) is 3.02. The largest absolute Gasteiger partial charge is 0.340 e. The molecule has 4 nitrogen and oxygen atoms in total. The fourth-order valence-electron chi connectivity index (χ4n) is 2.01. The molecule has 0 radical (unpaired) electrons. The van der Waals surface area contributed by atoms with Crippen molar-refractivity contribution in [2.75, 3.05) is 0 Å². The van der Waals surface area contributed by atoms with Gasteiger partial charge in [0.1, 0.15) is 5.82 Å². The third kappa shape index (κ3) is 2.09. The van der Waals surface area contributed by atoms with Crippen LogP contribution in [0.5, 0.6) is 0 Å². The molecule has 0 aliphatic rings. The van der Waals surface area contributed by atoms with Crippen LogP contribution in [0.2, 0.25) is 0 Å². The highest BCUT2D eigenvalue weighted by molar-refractivity contribution is 5.74. The van der Waals surface area contributed by atoms with Crippen LogP contribution in [0.25, 0.3) is 11.2 Å². The summed E-state index contributed by atoms with van der Waals surface area (Å²) in [7, 11) is 0. The van der Waals surface area contributed by atoms with Gasteiger partial charge in [-0.3, -0.25) is 4.98 Å². The van der Waals surface area contributed by atoms with Crippen molar-refractivity contribution in [3.8, 4) is 0 Å². The molecule has 0 spiro atoms. The molecule has 18 heavy (non-hydrogen) atoms. The molecule has 0 unspecified atom stereocenters. The van der Waals surface area contributed by atoms with E-state index in [4.69, 9.17) is 0 Å². The average molecular weight is 238 g/mol. The van der Waals surface area contributed by atoms with Gasteiger partial charge in [-0.15, -0.1) is 0 Å². The standard InChI is InChI=1S/C14H14N4/c1-10-6-8-16-14-13(10)17-12(18-14)5-4-11-3-2-7-15-9-11/h2-3,6-9H,4-5H2,1H3,(H,16,17,18). The van der Waals surface area contributed by atoms with Crippen LogP contribution in [0.15, 0.2) is 36.8 Å². The van der Waals surface area contributed by atoms with Crippen molar-refractivity contribution >= 4 is 11.2 Å². The number of H-pyrrole nitrogens is 1. The van der Waals surface area contributed by atoms with Crippen molar-refractivity contribution in [3.63, 3.8) is 0 Å². The van der Waals surface area contributed by atoms with Crippen LogP contribution < -0.4 is 0 Å². The van der Waals surface area contributed by atoms with Crippen molar-refractivity contribution in [3.05, 3.63) is 53.7 Å². The zero-order valence-electron chi connectivity index (χ0n) is 10.2. The second-order valence-corrected chi connectivity index (χ2v) is 4.37. The molecule has 0 amide bonds. The van der Waals surface area contributed by atoms with Crippen molar-refractivity contribution in [1.82, 2.24) is 19.9 Å². The minimum Gasteiger partial charge on any atom is -0.340 e. The molecule has 0 bridgehead atoms. The number of rotatable bonds is 3. The van der Waals surface area contributed by atoms with Gasteiger partial charge in [0.15, 0.2) is 5.65 Å². The van der Waals surface area contributed by atoms with Crippen LogP contribution in [0.1, 0.15) is 17.0 Å². The van der Waals surface area contributed by atoms with Gasteiger partial charge in [-0.1, -0.05) is 6.07 Å². The summed E-state index contributed by atoms with van der Waals surface area (Å²) in [5.41, 5.74) is 4.25. The number of nitrogens with zero attached hydrogens (tertiary/aromatic N) is 3. The Hall–Kier alpha value is -2.23. The summed E-state index contributed by atoms with van der Waals surface area (Å²) in [5.74, 6) is 0.982. The monoisotopic (exact) mass is 238 g/mol. The predicted molar refractivity (Wildman–Crippen MR) is 70.3 cm³/mol. The lowest BCUT2D eigenvalue weighted by molar-refractivity contribution is 0.883. The molecule has 1 N–H and O–H groups in total. The Balaban J connectivity index is 1.81. The number of hydrogen-bond donors (Lipinski definition) is 1. The lowest BCUT2D eigenvalue weighted by atomic mass is 10.1. The highest BCUT2D eigenvalue weighted by atomic mass is 15.0. The van der Waals surface area contributed by atoms with Crippen molar-refractivity contribution in [2.24, 2.45) is 0 Å². The van der Waals surface area contributed by atoms with E-state index in [2.05, 4.69) is 32.9 Å². The Morgan fingerprint density at radius 2 is 2.11 bits per heavy atom. The Morgan fingerprint density at radius 1 is 1.17 bits per heavy atom. The number of aromatic nitrogens is 4. The molecule has 3 rings (SSSR count). The minimum absolute atomic E-state index is 0.802. The van der Waals surface area contributed by atoms with Crippen LogP contribution in [0, 0.1) is 6.92 Å². The average Bonchev–Trinajstić information content (AvgIpc) is 2.82. The normalized spacial score (nSPS) is 10.9. The first-order valence-electron chi connectivity index (χ1n) is 6.02. The van der Waals surface area contributed by atoms with Gasteiger partial charge in [0, 0.05) is 25.0 Å². The molecule has 0 aliphatic carbocycles. The van der Waals surface area contributed by atoms with E-state index < -0.39 is 0 Å². The molecular weight excluding hydrogens is 224 g/mol. The summed E-state index contributed by atoms with van der Waals surface area (Å²) in [5, 5.41) is 0. The van der Waals surface area contributed by atoms with Gasteiger partial charge < -0.3 is 4.98 Å². The van der Waals surface area contributed by atoms with E-state index in [1.165, 1.54) is 11.1 Å². The summed E-state index contributed by atoms with van der Waals surface area (Å²) < 4.78 is 0. The van der Waals surface area contributed by atoms with Crippen molar-refractivity contribution in [2.45, 2.75) is 19.8 Å². The zero-order valence-corrected chi connectivity index (χ0v) is 10.2. The molecule has 3 heterocycles. The Kier molecular flexibility index (Phi) is 2.76. The quantitative estimate of drug-likeness (QED) is 0.762. The highest BCUT2D eigenvalue weighted by Crippen LogP contribution is 2.14. The second-order valence-electron chi connectivity index (χ2n) is 4.37. The summed E-state index contributed by atoms with van der Waals surface area (Å²) >= 11 is 0. The molecule has 3 aromatic heterocycles. The van der Waals surface area contributed by atoms with Crippen molar-refractivity contribution in [1.29, 1.82) is 0 Å². The SMILES string of the molecule is Cc1ccnc2nc(CCc3cccnc3)[nH]c12. The summed E-state index contributed by atoms with van der Waals surface area (Å²) in [6.07, 6.45) is 7.29. The van der Waals surface area contributed by atoms with Crippen LogP contribution >= 0.6 is 0 Å². The lowest BCUT2D eigenvalue weighted by Gasteiger charge is -1.97. The van der Waals surface area contributed by atoms with E-state index in [-0.39, 0.29) is 0 Å². The maximum absolute atomic E-state index is 4.50. The molecule has 0 saturated carbocycles. The topological polar surface area (TPSA) is 54.5 Å². The first-order valence-corrected chi connectivity index (χ1v) is 6.02. The van der Waals surface area contributed by atoms with E-state index in [1.54, 1.807) is 12.4 Å². The number of hydrogen-bond acceptors (Lipinski definition) is 3. The molecule has 3 aromatic rings. The smallest absolute Gasteiger partial charge is 0.177 e. The van der Waals surface area contributed by atoms with E-state index in [9.17, 15) is 0 Å². The van der Waals surface area contributed by atoms with Crippen LogP contribution in [0.4, 0.5) is 0 Å². The Morgan fingerprint density at radius 3 is 2.89 bits per heavy atom.